The molecular weight excluding hydrogens is 328 g/mol. The van der Waals surface area contributed by atoms with E-state index in [0.29, 0.717) is 18.4 Å². The zero-order valence-corrected chi connectivity index (χ0v) is 14.2. The summed E-state index contributed by atoms with van der Waals surface area (Å²) in [5.74, 6) is 0.627. The highest BCUT2D eigenvalue weighted by atomic mass is 16.5. The Labute approximate surface area is 150 Å². The molecule has 1 spiro atoms. The first kappa shape index (κ1) is 15.1. The number of rotatable bonds is 2. The van der Waals surface area contributed by atoms with Gasteiger partial charge in [-0.05, 0) is 24.5 Å². The molecule has 1 atom stereocenters. The Hall–Kier alpha value is -3.15. The van der Waals surface area contributed by atoms with E-state index >= 15 is 0 Å². The van der Waals surface area contributed by atoms with Crippen LogP contribution in [-0.4, -0.2) is 29.1 Å². The van der Waals surface area contributed by atoms with Crippen LogP contribution >= 0.6 is 0 Å². The molecule has 1 N–H and O–H groups in total. The number of amides is 1. The third-order valence-corrected chi connectivity index (χ3v) is 5.34. The van der Waals surface area contributed by atoms with E-state index in [2.05, 4.69) is 15.5 Å². The largest absolute Gasteiger partial charge is 0.325 e. The zero-order chi connectivity index (χ0) is 17.6. The first-order chi connectivity index (χ1) is 12.8. The van der Waals surface area contributed by atoms with Gasteiger partial charge in [-0.15, -0.1) is 0 Å². The summed E-state index contributed by atoms with van der Waals surface area (Å²) >= 11 is 0. The number of nitrogens with zero attached hydrogens (tertiary/aromatic N) is 3. The second-order valence-corrected chi connectivity index (χ2v) is 6.87. The second-order valence-electron chi connectivity index (χ2n) is 6.87. The molecule has 1 aromatic heterocycles. The van der Waals surface area contributed by atoms with E-state index in [4.69, 9.17) is 4.52 Å². The van der Waals surface area contributed by atoms with Gasteiger partial charge in [-0.1, -0.05) is 53.7 Å². The van der Waals surface area contributed by atoms with Crippen LogP contribution in [0.1, 0.15) is 18.4 Å². The standard InChI is InChI=1S/C20H18N4O2/c25-18-20(15-9-4-5-10-16(15)21-18)11-6-12-24(13-20)19-22-17(23-26-19)14-7-2-1-3-8-14/h1-5,7-10H,6,11-13H2,(H,21,25)/t20-/m0/s1. The van der Waals surface area contributed by atoms with Crippen molar-refractivity contribution in [1.82, 2.24) is 10.1 Å². The van der Waals surface area contributed by atoms with Crippen molar-refractivity contribution in [2.75, 3.05) is 23.3 Å². The average molecular weight is 346 g/mol. The molecule has 3 aromatic rings. The number of aromatic nitrogens is 2. The van der Waals surface area contributed by atoms with Crippen LogP contribution in [0.25, 0.3) is 11.4 Å². The minimum absolute atomic E-state index is 0.0613. The van der Waals surface area contributed by atoms with Gasteiger partial charge in [-0.2, -0.15) is 4.98 Å². The maximum atomic E-state index is 12.8. The Kier molecular flexibility index (Phi) is 3.31. The highest BCUT2D eigenvalue weighted by Gasteiger charge is 2.49. The van der Waals surface area contributed by atoms with Crippen LogP contribution < -0.4 is 10.2 Å². The summed E-state index contributed by atoms with van der Waals surface area (Å²) in [4.78, 5) is 19.4. The lowest BCUT2D eigenvalue weighted by atomic mass is 9.75. The molecule has 2 aromatic carbocycles. The Morgan fingerprint density at radius 2 is 1.88 bits per heavy atom. The number of para-hydroxylation sites is 1. The fourth-order valence-electron chi connectivity index (χ4n) is 4.05. The smallest absolute Gasteiger partial charge is 0.324 e. The van der Waals surface area contributed by atoms with Crippen molar-refractivity contribution in [2.45, 2.75) is 18.3 Å². The lowest BCUT2D eigenvalue weighted by molar-refractivity contribution is -0.121. The third-order valence-electron chi connectivity index (χ3n) is 5.34. The van der Waals surface area contributed by atoms with Gasteiger partial charge in [0.25, 0.3) is 0 Å². The van der Waals surface area contributed by atoms with Crippen molar-refractivity contribution in [2.24, 2.45) is 0 Å². The van der Waals surface area contributed by atoms with E-state index in [1.165, 1.54) is 0 Å². The van der Waals surface area contributed by atoms with Gasteiger partial charge in [0.15, 0.2) is 0 Å². The number of fused-ring (bicyclic) bond motifs is 2. The van der Waals surface area contributed by atoms with Crippen LogP contribution in [0.5, 0.6) is 0 Å². The molecule has 0 unspecified atom stereocenters. The van der Waals surface area contributed by atoms with Crippen LogP contribution in [0.15, 0.2) is 59.1 Å². The molecule has 0 radical (unpaired) electrons. The maximum Gasteiger partial charge on any atom is 0.324 e. The first-order valence-electron chi connectivity index (χ1n) is 8.81. The maximum absolute atomic E-state index is 12.8. The van der Waals surface area contributed by atoms with Gasteiger partial charge in [-0.25, -0.2) is 0 Å². The SMILES string of the molecule is O=C1Nc2ccccc2[C@@]12CCCN(c1nc(-c3ccccc3)no1)C2. The zero-order valence-electron chi connectivity index (χ0n) is 14.2. The highest BCUT2D eigenvalue weighted by Crippen LogP contribution is 2.44. The van der Waals surface area contributed by atoms with Crippen molar-refractivity contribution >= 4 is 17.6 Å². The van der Waals surface area contributed by atoms with Crippen LogP contribution in [-0.2, 0) is 10.2 Å². The number of hydrogen-bond acceptors (Lipinski definition) is 5. The molecule has 0 bridgehead atoms. The van der Waals surface area contributed by atoms with Crippen molar-refractivity contribution in [1.29, 1.82) is 0 Å². The minimum atomic E-state index is -0.545. The Morgan fingerprint density at radius 1 is 1.08 bits per heavy atom. The topological polar surface area (TPSA) is 71.3 Å². The number of hydrogen-bond donors (Lipinski definition) is 1. The monoisotopic (exact) mass is 346 g/mol. The van der Waals surface area contributed by atoms with Gasteiger partial charge >= 0.3 is 6.01 Å². The fourth-order valence-corrected chi connectivity index (χ4v) is 4.05. The van der Waals surface area contributed by atoms with Crippen molar-refractivity contribution < 1.29 is 9.32 Å². The third kappa shape index (κ3) is 2.22. The normalized spacial score (nSPS) is 21.7. The molecule has 130 valence electrons. The molecular formula is C20H18N4O2. The lowest BCUT2D eigenvalue weighted by Gasteiger charge is -2.37. The first-order valence-corrected chi connectivity index (χ1v) is 8.81. The number of carbonyl (C=O) groups is 1. The number of piperidine rings is 1. The number of nitrogens with one attached hydrogen (secondary N) is 1. The average Bonchev–Trinajstić information content (AvgIpc) is 3.28. The predicted molar refractivity (Wildman–Crippen MR) is 97.9 cm³/mol. The number of benzene rings is 2. The summed E-state index contributed by atoms with van der Waals surface area (Å²) in [6, 6.07) is 18.2. The van der Waals surface area contributed by atoms with Crippen molar-refractivity contribution in [3.8, 4) is 11.4 Å². The van der Waals surface area contributed by atoms with Gasteiger partial charge in [0.1, 0.15) is 0 Å². The summed E-state index contributed by atoms with van der Waals surface area (Å²) in [6.07, 6.45) is 1.72. The Bertz CT molecular complexity index is 969. The molecule has 3 heterocycles. The van der Waals surface area contributed by atoms with Crippen LogP contribution in [0.4, 0.5) is 11.7 Å². The minimum Gasteiger partial charge on any atom is -0.325 e. The van der Waals surface area contributed by atoms with Gasteiger partial charge in [0.2, 0.25) is 11.7 Å². The highest BCUT2D eigenvalue weighted by molar-refractivity contribution is 6.06. The van der Waals surface area contributed by atoms with E-state index in [1.54, 1.807) is 0 Å². The summed E-state index contributed by atoms with van der Waals surface area (Å²) < 4.78 is 5.52. The molecule has 6 heteroatoms. The predicted octanol–water partition coefficient (Wildman–Crippen LogP) is 3.23. The van der Waals surface area contributed by atoms with Crippen molar-refractivity contribution in [3.63, 3.8) is 0 Å². The number of carbonyl (C=O) groups excluding carboxylic acids is 1. The van der Waals surface area contributed by atoms with E-state index < -0.39 is 5.41 Å². The van der Waals surface area contributed by atoms with E-state index in [-0.39, 0.29) is 5.91 Å². The molecule has 6 nitrogen and oxygen atoms in total. The van der Waals surface area contributed by atoms with E-state index in [9.17, 15) is 4.79 Å². The van der Waals surface area contributed by atoms with Gasteiger partial charge in [0.05, 0.1) is 5.41 Å². The van der Waals surface area contributed by atoms with Crippen LogP contribution in [0.2, 0.25) is 0 Å². The number of anilines is 2. The summed E-state index contributed by atoms with van der Waals surface area (Å²) in [7, 11) is 0. The second kappa shape index (κ2) is 5.69. The Morgan fingerprint density at radius 3 is 2.77 bits per heavy atom. The molecule has 1 saturated heterocycles. The van der Waals surface area contributed by atoms with Crippen LogP contribution in [0, 0.1) is 0 Å². The quantitative estimate of drug-likeness (QED) is 0.771. The molecule has 2 aliphatic heterocycles. The summed E-state index contributed by atoms with van der Waals surface area (Å²) in [5.41, 5.74) is 2.35. The molecule has 26 heavy (non-hydrogen) atoms. The summed E-state index contributed by atoms with van der Waals surface area (Å²) in [5, 5.41) is 7.14. The molecule has 2 aliphatic rings. The van der Waals surface area contributed by atoms with Gasteiger partial charge in [-0.3, -0.25) is 4.79 Å². The van der Waals surface area contributed by atoms with Gasteiger partial charge in [0, 0.05) is 24.3 Å². The summed E-state index contributed by atoms with van der Waals surface area (Å²) in [6.45, 7) is 1.35. The van der Waals surface area contributed by atoms with E-state index in [0.717, 1.165) is 36.2 Å². The van der Waals surface area contributed by atoms with Crippen molar-refractivity contribution in [3.05, 3.63) is 60.2 Å². The van der Waals surface area contributed by atoms with E-state index in [1.807, 2.05) is 59.5 Å². The molecule has 1 fully saturated rings. The van der Waals surface area contributed by atoms with Gasteiger partial charge < -0.3 is 14.7 Å². The molecule has 1 amide bonds. The Balaban J connectivity index is 1.47. The molecule has 0 saturated carbocycles. The molecule has 0 aliphatic carbocycles. The molecule has 5 rings (SSSR count). The fraction of sp³-hybridized carbons (Fsp3) is 0.250. The van der Waals surface area contributed by atoms with Crippen LogP contribution in [0.3, 0.4) is 0 Å². The lowest BCUT2D eigenvalue weighted by Crippen LogP contribution is -2.50.